The molecule has 3 aromatic heterocycles. The monoisotopic (exact) mass is 574 g/mol. The highest BCUT2D eigenvalue weighted by Crippen LogP contribution is 2.39. The van der Waals surface area contributed by atoms with Crippen LogP contribution in [0.25, 0.3) is 22.2 Å². The van der Waals surface area contributed by atoms with Crippen LogP contribution in [0.3, 0.4) is 0 Å². The first-order valence-corrected chi connectivity index (χ1v) is 14.9. The van der Waals surface area contributed by atoms with Crippen molar-refractivity contribution >= 4 is 28.0 Å². The van der Waals surface area contributed by atoms with Crippen molar-refractivity contribution in [1.29, 1.82) is 0 Å². The molecule has 11 nitrogen and oxygen atoms in total. The number of ether oxygens (including phenoxy) is 1. The minimum Gasteiger partial charge on any atom is -0.506 e. The molecule has 1 aromatic carbocycles. The van der Waals surface area contributed by atoms with Crippen molar-refractivity contribution in [3.8, 4) is 0 Å². The van der Waals surface area contributed by atoms with Crippen molar-refractivity contribution in [3.05, 3.63) is 53.8 Å². The summed E-state index contributed by atoms with van der Waals surface area (Å²) in [6.45, 7) is 11.4. The van der Waals surface area contributed by atoms with E-state index in [1.54, 1.807) is 17.9 Å². The Morgan fingerprint density at radius 3 is 2.69 bits per heavy atom. The quantitative estimate of drug-likeness (QED) is 0.222. The Kier molecular flexibility index (Phi) is 7.34. The van der Waals surface area contributed by atoms with Gasteiger partial charge < -0.3 is 25.3 Å². The van der Waals surface area contributed by atoms with E-state index in [9.17, 15) is 10.2 Å². The van der Waals surface area contributed by atoms with E-state index in [1.807, 2.05) is 0 Å². The SMILES string of the molecule is CNc1ncnc2c1ncn2[C@@H]1OC(CN(C(C)C)C2CC(CCc3nc4ccc(C(C)(C)C)cc4[nH]3)C2)=C(O)C1O. The second-order valence-electron chi connectivity index (χ2n) is 13.0. The molecule has 42 heavy (non-hydrogen) atoms. The second kappa shape index (κ2) is 10.9. The van der Waals surface area contributed by atoms with Crippen LogP contribution in [0, 0.1) is 5.92 Å². The number of imidazole rings is 2. The van der Waals surface area contributed by atoms with Gasteiger partial charge in [0.25, 0.3) is 0 Å². The van der Waals surface area contributed by atoms with Gasteiger partial charge in [-0.1, -0.05) is 26.8 Å². The topological polar surface area (TPSA) is 137 Å². The van der Waals surface area contributed by atoms with Gasteiger partial charge in [0.1, 0.15) is 18.5 Å². The standard InChI is InChI=1S/C31H42N8O3/c1-17(2)38(14-23-26(40)27(41)30(42-23)39-16-35-25-28(32-6)33-15-34-29(25)39)20-11-18(12-20)7-10-24-36-21-9-8-19(31(3,4)5)13-22(21)37-24/h8-9,13,15-18,20,27,30,40-41H,7,10-12,14H2,1-6H3,(H,36,37)(H,32,33,34)/t18?,20?,27?,30-/m1/s1. The predicted molar refractivity (Wildman–Crippen MR) is 162 cm³/mol. The van der Waals surface area contributed by atoms with Gasteiger partial charge in [0.05, 0.1) is 17.6 Å². The molecule has 224 valence electrons. The van der Waals surface area contributed by atoms with Crippen molar-refractivity contribution in [2.24, 2.45) is 5.92 Å². The van der Waals surface area contributed by atoms with Crippen LogP contribution in [0.1, 0.15) is 71.5 Å². The number of rotatable bonds is 9. The minimum absolute atomic E-state index is 0.108. The molecule has 1 aliphatic heterocycles. The van der Waals surface area contributed by atoms with Crippen molar-refractivity contribution < 1.29 is 14.9 Å². The number of nitrogens with one attached hydrogen (secondary N) is 2. The van der Waals surface area contributed by atoms with Gasteiger partial charge in [0, 0.05) is 25.6 Å². The second-order valence-corrected chi connectivity index (χ2v) is 13.0. The molecule has 4 N–H and O–H groups in total. The fraction of sp³-hybridized carbons (Fsp3) is 0.548. The van der Waals surface area contributed by atoms with Gasteiger partial charge in [0.2, 0.25) is 6.23 Å². The summed E-state index contributed by atoms with van der Waals surface area (Å²) in [5, 5.41) is 24.8. The van der Waals surface area contributed by atoms with Crippen LogP contribution in [0.4, 0.5) is 5.82 Å². The molecule has 0 saturated heterocycles. The number of hydrogen-bond donors (Lipinski definition) is 4. The van der Waals surface area contributed by atoms with Crippen molar-refractivity contribution in [3.63, 3.8) is 0 Å². The third-order valence-electron chi connectivity index (χ3n) is 8.82. The third kappa shape index (κ3) is 5.20. The van der Waals surface area contributed by atoms with E-state index in [4.69, 9.17) is 9.72 Å². The largest absolute Gasteiger partial charge is 0.506 e. The molecule has 1 unspecified atom stereocenters. The van der Waals surface area contributed by atoms with E-state index in [2.05, 4.69) is 83.0 Å². The van der Waals surface area contributed by atoms with Gasteiger partial charge in [-0.3, -0.25) is 9.47 Å². The summed E-state index contributed by atoms with van der Waals surface area (Å²) in [5.41, 5.74) is 4.65. The molecule has 0 spiro atoms. The number of anilines is 1. The highest BCUT2D eigenvalue weighted by Gasteiger charge is 2.41. The Morgan fingerprint density at radius 1 is 1.19 bits per heavy atom. The predicted octanol–water partition coefficient (Wildman–Crippen LogP) is 4.82. The number of aliphatic hydroxyl groups is 2. The number of aryl methyl sites for hydroxylation is 1. The first kappa shape index (κ1) is 28.4. The maximum Gasteiger partial charge on any atom is 0.211 e. The van der Waals surface area contributed by atoms with E-state index in [1.165, 1.54) is 11.9 Å². The van der Waals surface area contributed by atoms with Crippen molar-refractivity contribution in [2.45, 2.75) is 90.1 Å². The van der Waals surface area contributed by atoms with E-state index >= 15 is 0 Å². The van der Waals surface area contributed by atoms with Crippen LogP contribution >= 0.6 is 0 Å². The van der Waals surface area contributed by atoms with E-state index in [-0.39, 0.29) is 17.2 Å². The zero-order chi connectivity index (χ0) is 29.8. The maximum absolute atomic E-state index is 10.9. The highest BCUT2D eigenvalue weighted by atomic mass is 16.5. The van der Waals surface area contributed by atoms with Crippen LogP contribution < -0.4 is 5.32 Å². The fourth-order valence-corrected chi connectivity index (χ4v) is 6.21. The minimum atomic E-state index is -1.21. The number of aliphatic hydroxyl groups excluding tert-OH is 2. The molecule has 0 bridgehead atoms. The summed E-state index contributed by atoms with van der Waals surface area (Å²) < 4.78 is 7.82. The van der Waals surface area contributed by atoms with Crippen LogP contribution in [-0.4, -0.2) is 76.4 Å². The number of benzene rings is 1. The molecule has 0 radical (unpaired) electrons. The van der Waals surface area contributed by atoms with Crippen molar-refractivity contribution in [1.82, 2.24) is 34.4 Å². The lowest BCUT2D eigenvalue weighted by Crippen LogP contribution is -2.49. The van der Waals surface area contributed by atoms with Gasteiger partial charge in [0.15, 0.2) is 34.6 Å². The maximum atomic E-state index is 10.9. The molecular weight excluding hydrogens is 532 g/mol. The molecule has 1 aliphatic carbocycles. The molecule has 1 saturated carbocycles. The Hall–Kier alpha value is -3.70. The number of aromatic amines is 1. The Balaban J connectivity index is 1.07. The summed E-state index contributed by atoms with van der Waals surface area (Å²) in [6.07, 6.45) is 5.13. The van der Waals surface area contributed by atoms with E-state index in [0.717, 1.165) is 42.5 Å². The molecule has 0 amide bonds. The lowest BCUT2D eigenvalue weighted by molar-refractivity contribution is -0.0182. The summed E-state index contributed by atoms with van der Waals surface area (Å²) in [6, 6.07) is 7.17. The third-order valence-corrected chi connectivity index (χ3v) is 8.82. The number of hydrogen-bond acceptors (Lipinski definition) is 9. The van der Waals surface area contributed by atoms with Crippen molar-refractivity contribution in [2.75, 3.05) is 18.9 Å². The number of nitrogens with zero attached hydrogens (tertiary/aromatic N) is 6. The Labute approximate surface area is 246 Å². The average Bonchev–Trinajstić information content (AvgIpc) is 3.61. The molecule has 2 aliphatic rings. The van der Waals surface area contributed by atoms with Gasteiger partial charge in [-0.2, -0.15) is 0 Å². The molecule has 4 aromatic rings. The molecule has 1 fully saturated rings. The summed E-state index contributed by atoms with van der Waals surface area (Å²) in [4.78, 5) is 23.7. The normalized spacial score (nSPS) is 22.9. The fourth-order valence-electron chi connectivity index (χ4n) is 6.21. The Bertz CT molecular complexity index is 1610. The number of H-pyrrole nitrogens is 1. The molecule has 2 atom stereocenters. The first-order chi connectivity index (χ1) is 20.0. The smallest absolute Gasteiger partial charge is 0.211 e. The van der Waals surface area contributed by atoms with Crippen LogP contribution in [0.2, 0.25) is 0 Å². The van der Waals surface area contributed by atoms with Crippen LogP contribution in [0.5, 0.6) is 0 Å². The summed E-state index contributed by atoms with van der Waals surface area (Å²) >= 11 is 0. The number of fused-ring (bicyclic) bond motifs is 2. The first-order valence-electron chi connectivity index (χ1n) is 14.9. The Morgan fingerprint density at radius 2 is 1.98 bits per heavy atom. The van der Waals surface area contributed by atoms with Crippen LogP contribution in [0.15, 0.2) is 42.4 Å². The van der Waals surface area contributed by atoms with E-state index in [0.29, 0.717) is 41.2 Å². The van der Waals surface area contributed by atoms with Gasteiger partial charge in [-0.25, -0.2) is 19.9 Å². The molecule has 6 rings (SSSR count). The molecule has 11 heteroatoms. The summed E-state index contributed by atoms with van der Waals surface area (Å²) in [5.74, 6) is 2.52. The zero-order valence-electron chi connectivity index (χ0n) is 25.3. The number of aromatic nitrogens is 6. The van der Waals surface area contributed by atoms with E-state index < -0.39 is 12.3 Å². The molecule has 4 heterocycles. The van der Waals surface area contributed by atoms with Gasteiger partial charge in [-0.15, -0.1) is 0 Å². The lowest BCUT2D eigenvalue weighted by atomic mass is 9.76. The summed E-state index contributed by atoms with van der Waals surface area (Å²) in [7, 11) is 1.76. The van der Waals surface area contributed by atoms with Gasteiger partial charge in [-0.05, 0) is 62.1 Å². The highest BCUT2D eigenvalue weighted by molar-refractivity contribution is 5.82. The average molecular weight is 575 g/mol. The zero-order valence-corrected chi connectivity index (χ0v) is 25.3. The molecular formula is C31H42N8O3. The lowest BCUT2D eigenvalue weighted by Gasteiger charge is -2.45. The van der Waals surface area contributed by atoms with Crippen LogP contribution in [-0.2, 0) is 16.6 Å². The van der Waals surface area contributed by atoms with Gasteiger partial charge >= 0.3 is 0 Å².